The summed E-state index contributed by atoms with van der Waals surface area (Å²) in [4.78, 5) is 20.6. The number of allylic oxidation sites excluding steroid dienone is 6. The van der Waals surface area contributed by atoms with Crippen LogP contribution in [-0.4, -0.2) is 64.3 Å². The number of carbonyl (C=O) groups is 1. The number of aromatic nitrogens is 1. The summed E-state index contributed by atoms with van der Waals surface area (Å²) in [7, 11) is 0. The first-order valence-corrected chi connectivity index (χ1v) is 22.8. The largest absolute Gasteiger partial charge is 0.379 e. The van der Waals surface area contributed by atoms with Gasteiger partial charge in [-0.25, -0.2) is 4.57 Å². The second-order valence-corrected chi connectivity index (χ2v) is 17.4. The maximum atomic E-state index is 12.9. The summed E-state index contributed by atoms with van der Waals surface area (Å²) in [5, 5.41) is 3.80. The van der Waals surface area contributed by atoms with Crippen molar-refractivity contribution in [1.29, 1.82) is 0 Å². The van der Waals surface area contributed by atoms with Crippen LogP contribution in [0.25, 0.3) is 5.57 Å². The lowest BCUT2D eigenvalue weighted by Crippen LogP contribution is -2.35. The van der Waals surface area contributed by atoms with E-state index in [1.54, 1.807) is 0 Å². The minimum atomic E-state index is -0.319. The van der Waals surface area contributed by atoms with Crippen LogP contribution in [0.3, 0.4) is 0 Å². The van der Waals surface area contributed by atoms with Crippen molar-refractivity contribution in [3.05, 3.63) is 118 Å². The van der Waals surface area contributed by atoms with E-state index in [4.69, 9.17) is 30.8 Å². The van der Waals surface area contributed by atoms with E-state index in [0.29, 0.717) is 52.4 Å². The van der Waals surface area contributed by atoms with Crippen molar-refractivity contribution < 1.29 is 23.6 Å². The van der Waals surface area contributed by atoms with E-state index in [0.717, 1.165) is 97.0 Å². The molecule has 2 aliphatic rings. The van der Waals surface area contributed by atoms with E-state index in [1.165, 1.54) is 16.9 Å². The molecule has 0 saturated carbocycles. The molecule has 0 saturated heterocycles. The Hall–Kier alpha value is -4.08. The van der Waals surface area contributed by atoms with Crippen LogP contribution in [0.1, 0.15) is 116 Å². The predicted octanol–water partition coefficient (Wildman–Crippen LogP) is 10.8. The molecule has 3 heterocycles. The second-order valence-electron chi connectivity index (χ2n) is 17.0. The fourth-order valence-corrected chi connectivity index (χ4v) is 8.19. The predicted molar refractivity (Wildman–Crippen MR) is 249 cm³/mol. The minimum Gasteiger partial charge on any atom is -0.379 e. The molecule has 5 rings (SSSR count). The van der Waals surface area contributed by atoms with Crippen LogP contribution in [0.2, 0.25) is 5.02 Å². The Balaban J connectivity index is 1.29. The number of halogens is 1. The fourth-order valence-electron chi connectivity index (χ4n) is 7.96. The lowest BCUT2D eigenvalue weighted by molar-refractivity contribution is -0.684. The quantitative estimate of drug-likeness (QED) is 0.0523. The van der Waals surface area contributed by atoms with Crippen LogP contribution < -0.4 is 14.8 Å². The van der Waals surface area contributed by atoms with Crippen LogP contribution in [0.15, 0.2) is 95.8 Å². The van der Waals surface area contributed by atoms with Crippen molar-refractivity contribution in [3.63, 3.8) is 0 Å². The number of benzene rings is 2. The van der Waals surface area contributed by atoms with Crippen LogP contribution in [0.5, 0.6) is 0 Å². The van der Waals surface area contributed by atoms with Crippen molar-refractivity contribution in [2.24, 2.45) is 4.99 Å². The number of aryl methyl sites for hydroxylation is 2. The third kappa shape index (κ3) is 12.5. The third-order valence-electron chi connectivity index (χ3n) is 11.5. The number of hydrogen-bond donors (Lipinski definition) is 1. The monoisotopic (exact) mass is 838 g/mol. The first kappa shape index (κ1) is 47.0. The highest BCUT2D eigenvalue weighted by molar-refractivity contribution is 6.30. The Labute approximate surface area is 365 Å². The highest BCUT2D eigenvalue weighted by atomic mass is 35.5. The lowest BCUT2D eigenvalue weighted by Gasteiger charge is -2.26. The van der Waals surface area contributed by atoms with E-state index < -0.39 is 0 Å². The maximum Gasteiger partial charge on any atom is 0.327 e. The molecule has 3 aromatic rings. The Morgan fingerprint density at radius 2 is 1.55 bits per heavy atom. The number of amides is 1. The first-order chi connectivity index (χ1) is 29.0. The SMILES string of the molecule is CCCCOCCOCCOCCCNC(=O)CCc1cccc(C(=C\C=C2/N(CCC)c3ccccc3C2(C)C)/C=C/C2=Nc3c(cc(Cl)c[n+]3CCCC)C2(C)C)c1. The molecular weight excluding hydrogens is 768 g/mol. The summed E-state index contributed by atoms with van der Waals surface area (Å²) in [5.41, 5.74) is 8.88. The van der Waals surface area contributed by atoms with Crippen molar-refractivity contribution in [2.75, 3.05) is 57.6 Å². The molecule has 9 heteroatoms. The Kier molecular flexibility index (Phi) is 18.2. The number of pyridine rings is 1. The molecule has 324 valence electrons. The molecule has 0 spiro atoms. The fraction of sp³-hybridized carbons (Fsp3) is 0.510. The van der Waals surface area contributed by atoms with Crippen LogP contribution >= 0.6 is 11.6 Å². The number of unbranched alkanes of at least 4 members (excludes halogenated alkanes) is 2. The number of carbonyl (C=O) groups excluding carboxylic acids is 1. The molecule has 2 aliphatic heterocycles. The Bertz CT molecular complexity index is 2000. The minimum absolute atomic E-state index is 0.0450. The number of nitrogens with zero attached hydrogens (tertiary/aromatic N) is 3. The van der Waals surface area contributed by atoms with Gasteiger partial charge in [-0.2, -0.15) is 0 Å². The molecule has 2 aromatic carbocycles. The molecule has 1 N–H and O–H groups in total. The summed E-state index contributed by atoms with van der Waals surface area (Å²) in [6.45, 7) is 21.8. The number of para-hydroxylation sites is 1. The van der Waals surface area contributed by atoms with Crippen molar-refractivity contribution >= 4 is 40.3 Å². The molecule has 0 radical (unpaired) electrons. The zero-order valence-corrected chi connectivity index (χ0v) is 38.2. The summed E-state index contributed by atoms with van der Waals surface area (Å²) in [6, 6.07) is 19.5. The van der Waals surface area contributed by atoms with Gasteiger partial charge in [-0.1, -0.05) is 114 Å². The summed E-state index contributed by atoms with van der Waals surface area (Å²) in [6.07, 6.45) is 18.2. The van der Waals surface area contributed by atoms with Gasteiger partial charge in [0.15, 0.2) is 5.71 Å². The van der Waals surface area contributed by atoms with Gasteiger partial charge in [-0.3, -0.25) is 4.79 Å². The van der Waals surface area contributed by atoms with Crippen LogP contribution in [-0.2, 0) is 42.8 Å². The molecule has 0 atom stereocenters. The second kappa shape index (κ2) is 23.2. The summed E-state index contributed by atoms with van der Waals surface area (Å²) >= 11 is 6.67. The van der Waals surface area contributed by atoms with Crippen molar-refractivity contribution in [1.82, 2.24) is 5.32 Å². The van der Waals surface area contributed by atoms with Gasteiger partial charge in [0.1, 0.15) is 6.20 Å². The highest BCUT2D eigenvalue weighted by Gasteiger charge is 2.43. The number of nitrogens with one attached hydrogen (secondary N) is 1. The molecule has 0 bridgehead atoms. The van der Waals surface area contributed by atoms with Gasteiger partial charge in [0.05, 0.1) is 49.0 Å². The zero-order chi connectivity index (χ0) is 43.0. The van der Waals surface area contributed by atoms with Gasteiger partial charge in [0.2, 0.25) is 5.91 Å². The van der Waals surface area contributed by atoms with Gasteiger partial charge < -0.3 is 24.4 Å². The standard InChI is InChI=1S/C51H69ClN4O4/c1-8-11-29-55-38-42(52)37-44-49(55)54-46(50(44,4)5)24-22-40(23-25-47-51(6,7)43-19-13-14-20-45(43)56(47)28-10-3)41-18-15-17-39(36-41)21-26-48(57)53-27-16-31-59-33-35-60-34-32-58-30-12-9-2/h13-15,17-20,22-25,36-38H,8-12,16,21,26-35H2,1-7H3/p+1. The smallest absolute Gasteiger partial charge is 0.327 e. The van der Waals surface area contributed by atoms with E-state index in [2.05, 4.69) is 142 Å². The topological polar surface area (TPSA) is 76.3 Å². The molecular formula is C51H70ClN4O4+. The van der Waals surface area contributed by atoms with E-state index in [9.17, 15) is 4.79 Å². The number of rotatable bonds is 25. The van der Waals surface area contributed by atoms with E-state index in [-0.39, 0.29) is 16.7 Å². The summed E-state index contributed by atoms with van der Waals surface area (Å²) in [5.74, 6) is 1.03. The van der Waals surface area contributed by atoms with Gasteiger partial charge in [-0.15, -0.1) is 0 Å². The number of aliphatic imine (C=N–C) groups is 1. The average molecular weight is 839 g/mol. The molecule has 8 nitrogen and oxygen atoms in total. The van der Waals surface area contributed by atoms with E-state index >= 15 is 0 Å². The average Bonchev–Trinajstić information content (AvgIpc) is 3.61. The molecule has 0 fully saturated rings. The number of hydrogen-bond acceptors (Lipinski definition) is 6. The zero-order valence-electron chi connectivity index (χ0n) is 37.5. The molecule has 0 aliphatic carbocycles. The van der Waals surface area contributed by atoms with Gasteiger partial charge >= 0.3 is 5.82 Å². The van der Waals surface area contributed by atoms with Crippen LogP contribution in [0.4, 0.5) is 11.5 Å². The number of fused-ring (bicyclic) bond motifs is 2. The molecule has 0 unspecified atom stereocenters. The molecule has 60 heavy (non-hydrogen) atoms. The van der Waals surface area contributed by atoms with Gasteiger partial charge in [0, 0.05) is 49.5 Å². The van der Waals surface area contributed by atoms with Gasteiger partial charge in [-0.05, 0) is 97.5 Å². The summed E-state index contributed by atoms with van der Waals surface area (Å²) < 4.78 is 19.0. The number of ether oxygens (including phenoxy) is 3. The Morgan fingerprint density at radius 1 is 0.833 bits per heavy atom. The van der Waals surface area contributed by atoms with Crippen molar-refractivity contribution in [3.8, 4) is 0 Å². The van der Waals surface area contributed by atoms with E-state index in [1.807, 2.05) is 6.20 Å². The van der Waals surface area contributed by atoms with Crippen molar-refractivity contribution in [2.45, 2.75) is 117 Å². The third-order valence-corrected chi connectivity index (χ3v) is 11.7. The molecule has 1 aromatic heterocycles. The highest BCUT2D eigenvalue weighted by Crippen LogP contribution is 2.48. The van der Waals surface area contributed by atoms with Crippen LogP contribution in [0, 0.1) is 0 Å². The first-order valence-electron chi connectivity index (χ1n) is 22.4. The van der Waals surface area contributed by atoms with Gasteiger partial charge in [0.25, 0.3) is 0 Å². The lowest BCUT2D eigenvalue weighted by atomic mass is 9.81. The number of anilines is 1. The Morgan fingerprint density at radius 3 is 2.28 bits per heavy atom. The maximum absolute atomic E-state index is 12.9. The molecule has 1 amide bonds. The normalized spacial score (nSPS) is 16.1.